The zero-order valence-electron chi connectivity index (χ0n) is 10.1. The van der Waals surface area contributed by atoms with E-state index in [-0.39, 0.29) is 5.41 Å². The van der Waals surface area contributed by atoms with Crippen LogP contribution in [0.5, 0.6) is 0 Å². The second-order valence-electron chi connectivity index (χ2n) is 4.44. The van der Waals surface area contributed by atoms with Crippen molar-refractivity contribution in [3.63, 3.8) is 0 Å². The Kier molecular flexibility index (Phi) is 5.49. The van der Waals surface area contributed by atoms with Gasteiger partial charge in [0, 0.05) is 15.5 Å². The first kappa shape index (κ1) is 13.7. The van der Waals surface area contributed by atoms with E-state index < -0.39 is 0 Å². The Labute approximate surface area is 112 Å². The Balaban J connectivity index is 2.68. The first-order valence-electron chi connectivity index (χ1n) is 5.68. The molecule has 1 atom stereocenters. The molecule has 1 aromatic rings. The summed E-state index contributed by atoms with van der Waals surface area (Å²) in [5, 5.41) is 3.40. The van der Waals surface area contributed by atoms with Crippen LogP contribution in [0.25, 0.3) is 0 Å². The number of hydrogen-bond acceptors (Lipinski definition) is 1. The smallest absolute Gasteiger partial charge is 0.0130 e. The molecular weight excluding hydrogens is 309 g/mol. The van der Waals surface area contributed by atoms with Crippen LogP contribution in [0.1, 0.15) is 19.4 Å². The second-order valence-corrected chi connectivity index (χ2v) is 5.69. The Morgan fingerprint density at radius 1 is 1.38 bits per heavy atom. The first-order valence-corrected chi connectivity index (χ1v) is 6.76. The molecule has 1 unspecified atom stereocenters. The molecule has 0 fully saturated rings. The molecule has 0 aliphatic carbocycles. The molecule has 0 amide bonds. The standard InChI is InChI=1S/C14H20IN/c1-4-14(3,11-16-5-2)10-12-6-8-13(15)9-7-12/h4,6-9,16H,1,5,10-11H2,2-3H3. The average Bonchev–Trinajstić information content (AvgIpc) is 2.30. The quantitative estimate of drug-likeness (QED) is 0.621. The summed E-state index contributed by atoms with van der Waals surface area (Å²) in [4.78, 5) is 0. The molecule has 1 rings (SSSR count). The molecule has 0 aromatic heterocycles. The van der Waals surface area contributed by atoms with Gasteiger partial charge in [-0.15, -0.1) is 6.58 Å². The fraction of sp³-hybridized carbons (Fsp3) is 0.429. The molecular formula is C14H20IN. The van der Waals surface area contributed by atoms with Crippen molar-refractivity contribution in [2.24, 2.45) is 5.41 Å². The molecule has 2 heteroatoms. The van der Waals surface area contributed by atoms with Crippen LogP contribution < -0.4 is 5.32 Å². The van der Waals surface area contributed by atoms with Gasteiger partial charge in [0.05, 0.1) is 0 Å². The van der Waals surface area contributed by atoms with Gasteiger partial charge in [0.2, 0.25) is 0 Å². The topological polar surface area (TPSA) is 12.0 Å². The lowest BCUT2D eigenvalue weighted by atomic mass is 9.83. The van der Waals surface area contributed by atoms with Crippen LogP contribution in [0.4, 0.5) is 0 Å². The molecule has 0 aliphatic rings. The summed E-state index contributed by atoms with van der Waals surface area (Å²) in [5.41, 5.74) is 1.52. The number of benzene rings is 1. The van der Waals surface area contributed by atoms with Crippen molar-refractivity contribution in [1.29, 1.82) is 0 Å². The second kappa shape index (κ2) is 6.40. The van der Waals surface area contributed by atoms with E-state index in [2.05, 4.69) is 78.7 Å². The molecule has 0 heterocycles. The van der Waals surface area contributed by atoms with Crippen LogP contribution in [0.15, 0.2) is 36.9 Å². The molecule has 1 aromatic carbocycles. The molecule has 0 bridgehead atoms. The molecule has 0 aliphatic heterocycles. The van der Waals surface area contributed by atoms with Gasteiger partial charge in [-0.1, -0.05) is 32.1 Å². The van der Waals surface area contributed by atoms with Crippen molar-refractivity contribution in [2.75, 3.05) is 13.1 Å². The highest BCUT2D eigenvalue weighted by Gasteiger charge is 2.19. The number of rotatable bonds is 6. The van der Waals surface area contributed by atoms with Gasteiger partial charge in [0.25, 0.3) is 0 Å². The first-order chi connectivity index (χ1) is 7.59. The SMILES string of the molecule is C=CC(C)(CNCC)Cc1ccc(I)cc1. The largest absolute Gasteiger partial charge is 0.316 e. The van der Waals surface area contributed by atoms with E-state index in [0.717, 1.165) is 19.5 Å². The maximum atomic E-state index is 3.96. The zero-order valence-corrected chi connectivity index (χ0v) is 12.3. The minimum atomic E-state index is 0.142. The van der Waals surface area contributed by atoms with Gasteiger partial charge in [0.1, 0.15) is 0 Å². The van der Waals surface area contributed by atoms with Crippen LogP contribution in [0.3, 0.4) is 0 Å². The highest BCUT2D eigenvalue weighted by molar-refractivity contribution is 14.1. The molecule has 1 N–H and O–H groups in total. The normalized spacial score (nSPS) is 14.4. The zero-order chi connectivity index (χ0) is 12.0. The van der Waals surface area contributed by atoms with Crippen LogP contribution in [-0.4, -0.2) is 13.1 Å². The minimum absolute atomic E-state index is 0.142. The molecule has 0 spiro atoms. The Morgan fingerprint density at radius 3 is 2.50 bits per heavy atom. The average molecular weight is 329 g/mol. The third-order valence-corrected chi connectivity index (χ3v) is 3.51. The van der Waals surface area contributed by atoms with Crippen molar-refractivity contribution in [2.45, 2.75) is 20.3 Å². The van der Waals surface area contributed by atoms with Crippen molar-refractivity contribution in [1.82, 2.24) is 5.32 Å². The number of halogens is 1. The Morgan fingerprint density at radius 2 is 2.00 bits per heavy atom. The van der Waals surface area contributed by atoms with Gasteiger partial charge in [0.15, 0.2) is 0 Å². The summed E-state index contributed by atoms with van der Waals surface area (Å²) in [6.07, 6.45) is 3.11. The van der Waals surface area contributed by atoms with Crippen molar-refractivity contribution >= 4 is 22.6 Å². The van der Waals surface area contributed by atoms with Crippen LogP contribution >= 0.6 is 22.6 Å². The molecule has 0 saturated heterocycles. The van der Waals surface area contributed by atoms with Gasteiger partial charge >= 0.3 is 0 Å². The van der Waals surface area contributed by atoms with Crippen molar-refractivity contribution < 1.29 is 0 Å². The summed E-state index contributed by atoms with van der Waals surface area (Å²) in [6.45, 7) is 10.3. The van der Waals surface area contributed by atoms with E-state index >= 15 is 0 Å². The van der Waals surface area contributed by atoms with E-state index in [0.29, 0.717) is 0 Å². The predicted octanol–water partition coefficient (Wildman–Crippen LogP) is 3.64. The van der Waals surface area contributed by atoms with Crippen molar-refractivity contribution in [3.05, 3.63) is 46.1 Å². The highest BCUT2D eigenvalue weighted by atomic mass is 127. The van der Waals surface area contributed by atoms with Gasteiger partial charge in [-0.25, -0.2) is 0 Å². The number of nitrogens with one attached hydrogen (secondary N) is 1. The minimum Gasteiger partial charge on any atom is -0.316 e. The fourth-order valence-corrected chi connectivity index (χ4v) is 2.05. The third kappa shape index (κ3) is 4.26. The lowest BCUT2D eigenvalue weighted by Crippen LogP contribution is -2.31. The van der Waals surface area contributed by atoms with E-state index in [1.807, 2.05) is 0 Å². The van der Waals surface area contributed by atoms with Crippen LogP contribution in [0.2, 0.25) is 0 Å². The number of hydrogen-bond donors (Lipinski definition) is 1. The van der Waals surface area contributed by atoms with Crippen LogP contribution in [0, 0.1) is 8.99 Å². The summed E-state index contributed by atoms with van der Waals surface area (Å²) < 4.78 is 1.29. The lowest BCUT2D eigenvalue weighted by Gasteiger charge is -2.26. The molecule has 0 saturated carbocycles. The van der Waals surface area contributed by atoms with E-state index in [9.17, 15) is 0 Å². The Hall–Kier alpha value is -0.350. The third-order valence-electron chi connectivity index (χ3n) is 2.79. The van der Waals surface area contributed by atoms with E-state index in [1.165, 1.54) is 9.13 Å². The Bertz CT molecular complexity index is 331. The highest BCUT2D eigenvalue weighted by Crippen LogP contribution is 2.23. The lowest BCUT2D eigenvalue weighted by molar-refractivity contribution is 0.396. The molecule has 16 heavy (non-hydrogen) atoms. The summed E-state index contributed by atoms with van der Waals surface area (Å²) in [6, 6.07) is 8.73. The van der Waals surface area contributed by atoms with Crippen LogP contribution in [-0.2, 0) is 6.42 Å². The summed E-state index contributed by atoms with van der Waals surface area (Å²) in [7, 11) is 0. The molecule has 88 valence electrons. The van der Waals surface area contributed by atoms with Gasteiger partial charge in [-0.3, -0.25) is 0 Å². The maximum Gasteiger partial charge on any atom is 0.0130 e. The monoisotopic (exact) mass is 329 g/mol. The maximum absolute atomic E-state index is 3.96. The fourth-order valence-electron chi connectivity index (χ4n) is 1.69. The molecule has 0 radical (unpaired) electrons. The van der Waals surface area contributed by atoms with Gasteiger partial charge in [-0.2, -0.15) is 0 Å². The summed E-state index contributed by atoms with van der Waals surface area (Å²) >= 11 is 2.33. The predicted molar refractivity (Wildman–Crippen MR) is 79.7 cm³/mol. The summed E-state index contributed by atoms with van der Waals surface area (Å²) in [5.74, 6) is 0. The van der Waals surface area contributed by atoms with Gasteiger partial charge < -0.3 is 5.32 Å². The van der Waals surface area contributed by atoms with E-state index in [1.54, 1.807) is 0 Å². The van der Waals surface area contributed by atoms with Gasteiger partial charge in [-0.05, 0) is 53.3 Å². The van der Waals surface area contributed by atoms with E-state index in [4.69, 9.17) is 0 Å². The molecule has 1 nitrogen and oxygen atoms in total. The van der Waals surface area contributed by atoms with Crippen molar-refractivity contribution in [3.8, 4) is 0 Å².